The highest BCUT2D eigenvalue weighted by atomic mass is 16.5. The fraction of sp³-hybridized carbons (Fsp3) is 0.667. The Bertz CT molecular complexity index is 402. The van der Waals surface area contributed by atoms with Crippen molar-refractivity contribution < 1.29 is 4.74 Å². The second kappa shape index (κ2) is 9.06. The Labute approximate surface area is 129 Å². The first-order chi connectivity index (χ1) is 10.2. The molecule has 1 aromatic carbocycles. The summed E-state index contributed by atoms with van der Waals surface area (Å²) in [7, 11) is 0. The number of hydrogen-bond donors (Lipinski definition) is 1. The summed E-state index contributed by atoms with van der Waals surface area (Å²) in [4.78, 5) is 2.59. The first-order valence-electron chi connectivity index (χ1n) is 8.39. The topological polar surface area (TPSA) is 24.5 Å². The molecule has 3 heteroatoms. The zero-order chi connectivity index (χ0) is 14.9. The van der Waals surface area contributed by atoms with E-state index in [9.17, 15) is 0 Å². The van der Waals surface area contributed by atoms with Gasteiger partial charge in [-0.15, -0.1) is 0 Å². The summed E-state index contributed by atoms with van der Waals surface area (Å²) < 4.78 is 5.77. The lowest BCUT2D eigenvalue weighted by Crippen LogP contribution is -2.41. The van der Waals surface area contributed by atoms with Crippen molar-refractivity contribution in [2.24, 2.45) is 0 Å². The Morgan fingerprint density at radius 2 is 2.05 bits per heavy atom. The quantitative estimate of drug-likeness (QED) is 0.744. The third-order valence-electron chi connectivity index (χ3n) is 4.05. The van der Waals surface area contributed by atoms with Crippen LogP contribution in [-0.4, -0.2) is 43.7 Å². The maximum atomic E-state index is 5.77. The minimum Gasteiger partial charge on any atom is -0.494 e. The van der Waals surface area contributed by atoms with Crippen LogP contribution < -0.4 is 10.1 Å². The van der Waals surface area contributed by atoms with Crippen molar-refractivity contribution in [3.8, 4) is 5.75 Å². The summed E-state index contributed by atoms with van der Waals surface area (Å²) in [5.74, 6) is 0.983. The van der Waals surface area contributed by atoms with Crippen molar-refractivity contribution in [1.82, 2.24) is 10.2 Å². The van der Waals surface area contributed by atoms with Gasteiger partial charge in [-0.1, -0.05) is 18.6 Å². The van der Waals surface area contributed by atoms with Crippen molar-refractivity contribution >= 4 is 0 Å². The van der Waals surface area contributed by atoms with E-state index in [1.165, 1.54) is 44.5 Å². The van der Waals surface area contributed by atoms with Crippen LogP contribution in [0.1, 0.15) is 38.2 Å². The van der Waals surface area contributed by atoms with Crippen LogP contribution in [-0.2, 0) is 0 Å². The van der Waals surface area contributed by atoms with Gasteiger partial charge in [0.25, 0.3) is 0 Å². The molecule has 1 aliphatic rings. The molecule has 1 aromatic rings. The standard InChI is InChI=1S/C18H30N2O/c1-16-8-6-9-18(14-16)21-13-7-10-19-17(2)15-20-11-4-3-5-12-20/h6,8-9,14,17,19H,3-5,7,10-13,15H2,1-2H3. The van der Waals surface area contributed by atoms with E-state index in [0.29, 0.717) is 6.04 Å². The van der Waals surface area contributed by atoms with Crippen LogP contribution in [0.5, 0.6) is 5.75 Å². The molecule has 1 fully saturated rings. The zero-order valence-electron chi connectivity index (χ0n) is 13.6. The van der Waals surface area contributed by atoms with Crippen LogP contribution >= 0.6 is 0 Å². The van der Waals surface area contributed by atoms with Crippen molar-refractivity contribution in [3.05, 3.63) is 29.8 Å². The molecule has 21 heavy (non-hydrogen) atoms. The monoisotopic (exact) mass is 290 g/mol. The Morgan fingerprint density at radius 3 is 2.81 bits per heavy atom. The fourth-order valence-corrected chi connectivity index (χ4v) is 2.91. The predicted molar refractivity (Wildman–Crippen MR) is 89.0 cm³/mol. The van der Waals surface area contributed by atoms with Crippen LogP contribution in [0.3, 0.4) is 0 Å². The molecule has 0 saturated carbocycles. The van der Waals surface area contributed by atoms with Gasteiger partial charge in [0.15, 0.2) is 0 Å². The molecule has 1 saturated heterocycles. The van der Waals surface area contributed by atoms with E-state index in [0.717, 1.165) is 25.3 Å². The van der Waals surface area contributed by atoms with E-state index < -0.39 is 0 Å². The van der Waals surface area contributed by atoms with Crippen molar-refractivity contribution in [2.75, 3.05) is 32.8 Å². The molecule has 1 unspecified atom stereocenters. The molecule has 1 aliphatic heterocycles. The van der Waals surface area contributed by atoms with Gasteiger partial charge in [-0.25, -0.2) is 0 Å². The zero-order valence-corrected chi connectivity index (χ0v) is 13.6. The molecule has 1 atom stereocenters. The first kappa shape index (κ1) is 16.3. The van der Waals surface area contributed by atoms with Gasteiger partial charge in [-0.2, -0.15) is 0 Å². The Morgan fingerprint density at radius 1 is 1.24 bits per heavy atom. The molecule has 2 rings (SSSR count). The largest absolute Gasteiger partial charge is 0.494 e. The molecule has 1 heterocycles. The van der Waals surface area contributed by atoms with Gasteiger partial charge in [0.05, 0.1) is 6.61 Å². The average Bonchev–Trinajstić information content (AvgIpc) is 2.48. The van der Waals surface area contributed by atoms with Crippen LogP contribution in [0.15, 0.2) is 24.3 Å². The second-order valence-corrected chi connectivity index (χ2v) is 6.23. The van der Waals surface area contributed by atoms with E-state index in [2.05, 4.69) is 36.2 Å². The lowest BCUT2D eigenvalue weighted by molar-refractivity contribution is 0.207. The van der Waals surface area contributed by atoms with E-state index in [4.69, 9.17) is 4.74 Å². The van der Waals surface area contributed by atoms with E-state index in [1.54, 1.807) is 0 Å². The number of ether oxygens (including phenoxy) is 1. The summed E-state index contributed by atoms with van der Waals surface area (Å²) >= 11 is 0. The van der Waals surface area contributed by atoms with Gasteiger partial charge >= 0.3 is 0 Å². The van der Waals surface area contributed by atoms with Gasteiger partial charge in [-0.3, -0.25) is 0 Å². The third-order valence-corrected chi connectivity index (χ3v) is 4.05. The highest BCUT2D eigenvalue weighted by Crippen LogP contribution is 2.12. The molecule has 0 radical (unpaired) electrons. The molecule has 0 amide bonds. The first-order valence-corrected chi connectivity index (χ1v) is 8.39. The second-order valence-electron chi connectivity index (χ2n) is 6.23. The molecule has 0 bridgehead atoms. The Balaban J connectivity index is 1.52. The molecular formula is C18H30N2O. The highest BCUT2D eigenvalue weighted by molar-refractivity contribution is 5.27. The maximum Gasteiger partial charge on any atom is 0.119 e. The minimum absolute atomic E-state index is 0.571. The summed E-state index contributed by atoms with van der Waals surface area (Å²) in [6.07, 6.45) is 5.21. The fourth-order valence-electron chi connectivity index (χ4n) is 2.91. The van der Waals surface area contributed by atoms with Gasteiger partial charge in [0.1, 0.15) is 5.75 Å². The van der Waals surface area contributed by atoms with Gasteiger partial charge in [0.2, 0.25) is 0 Å². The van der Waals surface area contributed by atoms with Crippen LogP contribution in [0, 0.1) is 6.92 Å². The number of benzene rings is 1. The number of aryl methyl sites for hydroxylation is 1. The van der Waals surface area contributed by atoms with Gasteiger partial charge < -0.3 is 15.0 Å². The molecule has 1 N–H and O–H groups in total. The van der Waals surface area contributed by atoms with Gasteiger partial charge in [-0.05, 0) is 70.4 Å². The van der Waals surface area contributed by atoms with Crippen molar-refractivity contribution in [2.45, 2.75) is 45.6 Å². The Hall–Kier alpha value is -1.06. The predicted octanol–water partition coefficient (Wildman–Crippen LogP) is 3.23. The van der Waals surface area contributed by atoms with Gasteiger partial charge in [0, 0.05) is 12.6 Å². The Kier molecular flexibility index (Phi) is 7.04. The highest BCUT2D eigenvalue weighted by Gasteiger charge is 2.12. The SMILES string of the molecule is Cc1cccc(OCCCNC(C)CN2CCCCC2)c1. The normalized spacial score (nSPS) is 17.6. The van der Waals surface area contributed by atoms with E-state index in [-0.39, 0.29) is 0 Å². The molecule has 3 nitrogen and oxygen atoms in total. The average molecular weight is 290 g/mol. The number of nitrogens with zero attached hydrogens (tertiary/aromatic N) is 1. The number of nitrogens with one attached hydrogen (secondary N) is 1. The maximum absolute atomic E-state index is 5.77. The number of rotatable bonds is 8. The summed E-state index contributed by atoms with van der Waals surface area (Å²) in [5, 5.41) is 3.61. The summed E-state index contributed by atoms with van der Waals surface area (Å²) in [6, 6.07) is 8.83. The third kappa shape index (κ3) is 6.49. The molecule has 118 valence electrons. The number of piperidine rings is 1. The lowest BCUT2D eigenvalue weighted by Gasteiger charge is -2.29. The molecular weight excluding hydrogens is 260 g/mol. The number of hydrogen-bond acceptors (Lipinski definition) is 3. The van der Waals surface area contributed by atoms with E-state index >= 15 is 0 Å². The van der Waals surface area contributed by atoms with E-state index in [1.807, 2.05) is 12.1 Å². The lowest BCUT2D eigenvalue weighted by atomic mass is 10.1. The number of likely N-dealkylation sites (tertiary alicyclic amines) is 1. The summed E-state index contributed by atoms with van der Waals surface area (Å²) in [6.45, 7) is 9.93. The minimum atomic E-state index is 0.571. The van der Waals surface area contributed by atoms with Crippen molar-refractivity contribution in [1.29, 1.82) is 0 Å². The van der Waals surface area contributed by atoms with Crippen LogP contribution in [0.4, 0.5) is 0 Å². The summed E-state index contributed by atoms with van der Waals surface area (Å²) in [5.41, 5.74) is 1.25. The molecule has 0 spiro atoms. The van der Waals surface area contributed by atoms with Crippen LogP contribution in [0.25, 0.3) is 0 Å². The van der Waals surface area contributed by atoms with Crippen LogP contribution in [0.2, 0.25) is 0 Å². The molecule has 0 aromatic heterocycles. The molecule has 0 aliphatic carbocycles. The smallest absolute Gasteiger partial charge is 0.119 e. The van der Waals surface area contributed by atoms with Crippen molar-refractivity contribution in [3.63, 3.8) is 0 Å².